The van der Waals surface area contributed by atoms with Crippen LogP contribution in [0.2, 0.25) is 0 Å². The fourth-order valence-electron chi connectivity index (χ4n) is 6.17. The highest BCUT2D eigenvalue weighted by Gasteiger charge is 2.19. The summed E-state index contributed by atoms with van der Waals surface area (Å²) < 4.78 is 16.6. The first kappa shape index (κ1) is 53.9. The largest absolute Gasteiger partial charge is 0.462 e. The Labute approximate surface area is 351 Å². The molecule has 0 spiro atoms. The summed E-state index contributed by atoms with van der Waals surface area (Å²) in [7, 11) is 0. The molecular formula is C51H86O6. The molecule has 6 nitrogen and oxygen atoms in total. The lowest BCUT2D eigenvalue weighted by molar-refractivity contribution is -0.167. The number of carbonyl (C=O) groups excluding carboxylic acids is 3. The van der Waals surface area contributed by atoms with Crippen LogP contribution < -0.4 is 0 Å². The molecule has 0 saturated heterocycles. The molecule has 0 aromatic rings. The van der Waals surface area contributed by atoms with Gasteiger partial charge in [0.25, 0.3) is 0 Å². The molecular weight excluding hydrogens is 709 g/mol. The van der Waals surface area contributed by atoms with Crippen molar-refractivity contribution < 1.29 is 28.6 Å². The van der Waals surface area contributed by atoms with Crippen LogP contribution in [-0.4, -0.2) is 37.2 Å². The van der Waals surface area contributed by atoms with E-state index < -0.39 is 6.10 Å². The summed E-state index contributed by atoms with van der Waals surface area (Å²) in [5.41, 5.74) is 0. The highest BCUT2D eigenvalue weighted by molar-refractivity contribution is 5.71. The molecule has 57 heavy (non-hydrogen) atoms. The van der Waals surface area contributed by atoms with Gasteiger partial charge in [-0.3, -0.25) is 14.4 Å². The number of rotatable bonds is 41. The van der Waals surface area contributed by atoms with Gasteiger partial charge in [-0.1, -0.05) is 177 Å². The van der Waals surface area contributed by atoms with Crippen molar-refractivity contribution in [1.82, 2.24) is 0 Å². The zero-order valence-electron chi connectivity index (χ0n) is 37.1. The SMILES string of the molecule is CC/C=C\C/C=C\C/C=C\C/C=C\C/C=C\CCCCCC(=O)OCC(COC(=O)CCCCCCCC)OC(=O)CCCCCCC/C=C\CCCCCCC. The van der Waals surface area contributed by atoms with E-state index in [1.165, 1.54) is 64.2 Å². The molecule has 0 radical (unpaired) electrons. The molecule has 1 atom stereocenters. The van der Waals surface area contributed by atoms with E-state index in [1.54, 1.807) is 0 Å². The van der Waals surface area contributed by atoms with E-state index in [9.17, 15) is 14.4 Å². The minimum Gasteiger partial charge on any atom is -0.462 e. The van der Waals surface area contributed by atoms with E-state index in [2.05, 4.69) is 93.7 Å². The zero-order valence-corrected chi connectivity index (χ0v) is 37.1. The maximum atomic E-state index is 12.7. The first-order valence-electron chi connectivity index (χ1n) is 23.4. The number of hydrogen-bond acceptors (Lipinski definition) is 6. The Morgan fingerprint density at radius 2 is 0.684 bits per heavy atom. The first-order valence-corrected chi connectivity index (χ1v) is 23.4. The maximum Gasteiger partial charge on any atom is 0.306 e. The molecule has 326 valence electrons. The molecule has 0 bridgehead atoms. The maximum absolute atomic E-state index is 12.7. The van der Waals surface area contributed by atoms with E-state index in [0.29, 0.717) is 19.3 Å². The Kier molecular flexibility index (Phi) is 43.0. The lowest BCUT2D eigenvalue weighted by atomic mass is 10.1. The van der Waals surface area contributed by atoms with Crippen molar-refractivity contribution >= 4 is 17.9 Å². The van der Waals surface area contributed by atoms with E-state index in [-0.39, 0.29) is 31.1 Å². The van der Waals surface area contributed by atoms with Crippen LogP contribution in [0.5, 0.6) is 0 Å². The smallest absolute Gasteiger partial charge is 0.306 e. The van der Waals surface area contributed by atoms with Crippen LogP contribution in [0.15, 0.2) is 72.9 Å². The average Bonchev–Trinajstić information content (AvgIpc) is 3.21. The molecule has 0 aliphatic heterocycles. The molecule has 6 heteroatoms. The lowest BCUT2D eigenvalue weighted by Crippen LogP contribution is -2.30. The molecule has 0 fully saturated rings. The van der Waals surface area contributed by atoms with Crippen LogP contribution in [0, 0.1) is 0 Å². The van der Waals surface area contributed by atoms with Gasteiger partial charge in [-0.2, -0.15) is 0 Å². The summed E-state index contributed by atoms with van der Waals surface area (Å²) in [6, 6.07) is 0. The molecule has 0 amide bonds. The van der Waals surface area contributed by atoms with Crippen LogP contribution in [0.1, 0.15) is 213 Å². The first-order chi connectivity index (χ1) is 28.0. The van der Waals surface area contributed by atoms with Gasteiger partial charge in [0, 0.05) is 19.3 Å². The van der Waals surface area contributed by atoms with Gasteiger partial charge in [0.1, 0.15) is 13.2 Å². The second-order valence-corrected chi connectivity index (χ2v) is 15.3. The van der Waals surface area contributed by atoms with Crippen molar-refractivity contribution in [1.29, 1.82) is 0 Å². The van der Waals surface area contributed by atoms with Gasteiger partial charge in [-0.05, 0) is 89.9 Å². The molecule has 0 aliphatic rings. The number of ether oxygens (including phenoxy) is 3. The van der Waals surface area contributed by atoms with Crippen LogP contribution in [0.4, 0.5) is 0 Å². The number of esters is 3. The summed E-state index contributed by atoms with van der Waals surface area (Å²) in [6.45, 7) is 6.40. The second-order valence-electron chi connectivity index (χ2n) is 15.3. The molecule has 0 rings (SSSR count). The normalized spacial score (nSPS) is 12.7. The third-order valence-electron chi connectivity index (χ3n) is 9.70. The van der Waals surface area contributed by atoms with E-state index in [1.807, 2.05) is 0 Å². The number of allylic oxidation sites excluding steroid dienone is 12. The molecule has 1 unspecified atom stereocenters. The van der Waals surface area contributed by atoms with Crippen LogP contribution in [0.25, 0.3) is 0 Å². The van der Waals surface area contributed by atoms with Gasteiger partial charge in [0.2, 0.25) is 0 Å². The predicted octanol–water partition coefficient (Wildman–Crippen LogP) is 15.1. The van der Waals surface area contributed by atoms with Gasteiger partial charge in [-0.25, -0.2) is 0 Å². The van der Waals surface area contributed by atoms with E-state index >= 15 is 0 Å². The molecule has 0 aromatic heterocycles. The van der Waals surface area contributed by atoms with Crippen LogP contribution in [-0.2, 0) is 28.6 Å². The number of unbranched alkanes of at least 4 members (excludes halogenated alkanes) is 18. The molecule has 0 saturated carbocycles. The van der Waals surface area contributed by atoms with Crippen molar-refractivity contribution in [2.75, 3.05) is 13.2 Å². The minimum absolute atomic E-state index is 0.0901. The van der Waals surface area contributed by atoms with E-state index in [0.717, 1.165) is 109 Å². The lowest BCUT2D eigenvalue weighted by Gasteiger charge is -2.18. The average molecular weight is 795 g/mol. The highest BCUT2D eigenvalue weighted by Crippen LogP contribution is 2.13. The summed E-state index contributed by atoms with van der Waals surface area (Å²) in [5, 5.41) is 0. The van der Waals surface area contributed by atoms with Gasteiger partial charge in [0.05, 0.1) is 0 Å². The van der Waals surface area contributed by atoms with Crippen molar-refractivity contribution in [2.24, 2.45) is 0 Å². The fourth-order valence-corrected chi connectivity index (χ4v) is 6.17. The third-order valence-corrected chi connectivity index (χ3v) is 9.70. The van der Waals surface area contributed by atoms with Gasteiger partial charge < -0.3 is 14.2 Å². The Bertz CT molecular complexity index is 1100. The second kappa shape index (κ2) is 45.6. The molecule has 0 aromatic carbocycles. The van der Waals surface area contributed by atoms with Crippen molar-refractivity contribution in [3.8, 4) is 0 Å². The van der Waals surface area contributed by atoms with Crippen LogP contribution in [0.3, 0.4) is 0 Å². The topological polar surface area (TPSA) is 78.9 Å². The van der Waals surface area contributed by atoms with Gasteiger partial charge in [0.15, 0.2) is 6.10 Å². The highest BCUT2D eigenvalue weighted by atomic mass is 16.6. The fraction of sp³-hybridized carbons (Fsp3) is 0.706. The molecule has 0 aliphatic carbocycles. The van der Waals surface area contributed by atoms with Crippen LogP contribution >= 0.6 is 0 Å². The minimum atomic E-state index is -0.788. The predicted molar refractivity (Wildman–Crippen MR) is 242 cm³/mol. The van der Waals surface area contributed by atoms with Crippen molar-refractivity contribution in [3.63, 3.8) is 0 Å². The van der Waals surface area contributed by atoms with E-state index in [4.69, 9.17) is 14.2 Å². The quantitative estimate of drug-likeness (QED) is 0.0265. The summed E-state index contributed by atoms with van der Waals surface area (Å²) >= 11 is 0. The van der Waals surface area contributed by atoms with Crippen molar-refractivity contribution in [2.45, 2.75) is 219 Å². The molecule has 0 N–H and O–H groups in total. The summed E-state index contributed by atoms with van der Waals surface area (Å²) in [6.07, 6.45) is 56.2. The van der Waals surface area contributed by atoms with Gasteiger partial charge >= 0.3 is 17.9 Å². The monoisotopic (exact) mass is 795 g/mol. The Balaban J connectivity index is 4.34. The molecule has 0 heterocycles. The summed E-state index contributed by atoms with van der Waals surface area (Å²) in [4.78, 5) is 37.6. The standard InChI is InChI=1S/C51H86O6/c1-4-7-10-13-16-18-20-22-24-25-26-27-28-30-31-33-35-38-41-44-50(53)56-47-48(46-55-49(52)43-40-37-15-12-9-6-3)57-51(54)45-42-39-36-34-32-29-23-21-19-17-14-11-8-5-2/h7,10,16,18,21-24,26-27,30-31,48H,4-6,8-9,11-15,17,19-20,25,28-29,32-47H2,1-3H3/b10-7-,18-16-,23-21-,24-22-,27-26-,31-30-. The third kappa shape index (κ3) is 43.8. The number of carbonyl (C=O) groups is 3. The Hall–Kier alpha value is -3.15. The summed E-state index contributed by atoms with van der Waals surface area (Å²) in [5.74, 6) is -0.946. The zero-order chi connectivity index (χ0) is 41.5. The Morgan fingerprint density at radius 3 is 1.11 bits per heavy atom. The Morgan fingerprint density at radius 1 is 0.368 bits per heavy atom. The van der Waals surface area contributed by atoms with Gasteiger partial charge in [-0.15, -0.1) is 0 Å². The number of hydrogen-bond donors (Lipinski definition) is 0. The van der Waals surface area contributed by atoms with Crippen molar-refractivity contribution in [3.05, 3.63) is 72.9 Å².